The number of hydrogen-bond donors (Lipinski definition) is 1. The molecule has 1 saturated carbocycles. The van der Waals surface area contributed by atoms with E-state index < -0.39 is 0 Å². The van der Waals surface area contributed by atoms with Crippen molar-refractivity contribution in [3.63, 3.8) is 0 Å². The van der Waals surface area contributed by atoms with Crippen molar-refractivity contribution in [2.75, 3.05) is 13.1 Å². The van der Waals surface area contributed by atoms with Crippen molar-refractivity contribution in [2.24, 2.45) is 5.92 Å². The van der Waals surface area contributed by atoms with Gasteiger partial charge in [0.2, 0.25) is 5.91 Å². The number of rotatable bonds is 4. The summed E-state index contributed by atoms with van der Waals surface area (Å²) in [5.74, 6) is 0.492. The zero-order valence-electron chi connectivity index (χ0n) is 15.0. The van der Waals surface area contributed by atoms with Gasteiger partial charge in [-0.05, 0) is 62.9 Å². The van der Waals surface area contributed by atoms with E-state index in [0.717, 1.165) is 37.1 Å². The highest BCUT2D eigenvalue weighted by Gasteiger charge is 2.32. The van der Waals surface area contributed by atoms with E-state index in [9.17, 15) is 9.59 Å². The van der Waals surface area contributed by atoms with Crippen LogP contribution in [0, 0.1) is 12.8 Å². The molecule has 2 heterocycles. The number of piperidine rings is 1. The van der Waals surface area contributed by atoms with Crippen LogP contribution in [0.15, 0.2) is 36.5 Å². The Balaban J connectivity index is 1.33. The largest absolute Gasteiger partial charge is 0.353 e. The number of carbonyl (C=O) groups is 2. The number of nitrogens with one attached hydrogen (secondary N) is 1. The van der Waals surface area contributed by atoms with Gasteiger partial charge in [-0.2, -0.15) is 5.10 Å². The van der Waals surface area contributed by atoms with Crippen molar-refractivity contribution in [3.05, 3.63) is 47.8 Å². The predicted molar refractivity (Wildman–Crippen MR) is 98.1 cm³/mol. The molecule has 2 aliphatic rings. The topological polar surface area (TPSA) is 67.2 Å². The molecule has 0 unspecified atom stereocenters. The predicted octanol–water partition coefficient (Wildman–Crippen LogP) is 2.31. The van der Waals surface area contributed by atoms with E-state index >= 15 is 0 Å². The smallest absolute Gasteiger partial charge is 0.253 e. The highest BCUT2D eigenvalue weighted by Crippen LogP contribution is 2.29. The monoisotopic (exact) mass is 352 g/mol. The molecule has 0 bridgehead atoms. The number of aromatic nitrogens is 2. The number of nitrogens with zero attached hydrogens (tertiary/aromatic N) is 3. The van der Waals surface area contributed by atoms with Crippen LogP contribution < -0.4 is 5.32 Å². The lowest BCUT2D eigenvalue weighted by molar-refractivity contribution is -0.123. The molecule has 1 aliphatic heterocycles. The SMILES string of the molecule is Cc1ccn(-c2ccc(C(=O)N3CCC(NC(=O)C4CC4)CC3)cc2)n1. The Morgan fingerprint density at radius 1 is 1.04 bits per heavy atom. The summed E-state index contributed by atoms with van der Waals surface area (Å²) in [6, 6.07) is 9.71. The zero-order chi connectivity index (χ0) is 18.1. The Morgan fingerprint density at radius 2 is 1.73 bits per heavy atom. The van der Waals surface area contributed by atoms with Crippen LogP contribution in [0.2, 0.25) is 0 Å². The normalized spacial score (nSPS) is 18.0. The second kappa shape index (κ2) is 6.94. The summed E-state index contributed by atoms with van der Waals surface area (Å²) in [4.78, 5) is 26.5. The summed E-state index contributed by atoms with van der Waals surface area (Å²) in [7, 11) is 0. The van der Waals surface area contributed by atoms with Crippen LogP contribution in [0.4, 0.5) is 0 Å². The minimum absolute atomic E-state index is 0.0557. The van der Waals surface area contributed by atoms with Gasteiger partial charge in [-0.3, -0.25) is 9.59 Å². The quantitative estimate of drug-likeness (QED) is 0.918. The van der Waals surface area contributed by atoms with Gasteiger partial charge in [-0.15, -0.1) is 0 Å². The molecular weight excluding hydrogens is 328 g/mol. The van der Waals surface area contributed by atoms with Crippen molar-refractivity contribution < 1.29 is 9.59 Å². The van der Waals surface area contributed by atoms with Crippen LogP contribution in [0.25, 0.3) is 5.69 Å². The van der Waals surface area contributed by atoms with Gasteiger partial charge in [0, 0.05) is 36.8 Å². The summed E-state index contributed by atoms with van der Waals surface area (Å²) in [6.07, 6.45) is 5.62. The van der Waals surface area contributed by atoms with Gasteiger partial charge in [0.05, 0.1) is 11.4 Å². The van der Waals surface area contributed by atoms with Crippen molar-refractivity contribution in [3.8, 4) is 5.69 Å². The number of benzene rings is 1. The van der Waals surface area contributed by atoms with E-state index in [1.165, 1.54) is 0 Å². The lowest BCUT2D eigenvalue weighted by atomic mass is 10.0. The van der Waals surface area contributed by atoms with Crippen LogP contribution in [0.3, 0.4) is 0 Å². The summed E-state index contributed by atoms with van der Waals surface area (Å²) in [5, 5.41) is 7.50. The highest BCUT2D eigenvalue weighted by molar-refractivity contribution is 5.94. The molecule has 0 spiro atoms. The van der Waals surface area contributed by atoms with E-state index in [1.54, 1.807) is 4.68 Å². The highest BCUT2D eigenvalue weighted by atomic mass is 16.2. The van der Waals surface area contributed by atoms with E-state index in [1.807, 2.05) is 48.4 Å². The van der Waals surface area contributed by atoms with Crippen LogP contribution in [-0.4, -0.2) is 45.6 Å². The first kappa shape index (κ1) is 16.8. The Morgan fingerprint density at radius 3 is 2.31 bits per heavy atom. The number of hydrogen-bond acceptors (Lipinski definition) is 3. The van der Waals surface area contributed by atoms with Gasteiger partial charge in [0.1, 0.15) is 0 Å². The fraction of sp³-hybridized carbons (Fsp3) is 0.450. The van der Waals surface area contributed by atoms with Crippen molar-refractivity contribution in [2.45, 2.75) is 38.6 Å². The molecule has 6 heteroatoms. The molecule has 1 N–H and O–H groups in total. The number of likely N-dealkylation sites (tertiary alicyclic amines) is 1. The molecule has 2 fully saturated rings. The Bertz CT molecular complexity index is 799. The van der Waals surface area contributed by atoms with Crippen molar-refractivity contribution in [1.82, 2.24) is 20.0 Å². The third-order valence-electron chi connectivity index (χ3n) is 5.18. The molecule has 0 radical (unpaired) electrons. The van der Waals surface area contributed by atoms with Crippen LogP contribution in [-0.2, 0) is 4.79 Å². The lowest BCUT2D eigenvalue weighted by Crippen LogP contribution is -2.46. The summed E-state index contributed by atoms with van der Waals surface area (Å²) in [5.41, 5.74) is 2.59. The zero-order valence-corrected chi connectivity index (χ0v) is 15.0. The minimum atomic E-state index is 0.0557. The second-order valence-corrected chi connectivity index (χ2v) is 7.30. The Labute approximate surface area is 153 Å². The molecule has 1 saturated heterocycles. The van der Waals surface area contributed by atoms with Gasteiger partial charge in [0.25, 0.3) is 5.91 Å². The average Bonchev–Trinajstić information content (AvgIpc) is 3.43. The van der Waals surface area contributed by atoms with Crippen LogP contribution in [0.1, 0.15) is 41.7 Å². The summed E-state index contributed by atoms with van der Waals surface area (Å²) in [6.45, 7) is 3.33. The fourth-order valence-corrected chi connectivity index (χ4v) is 3.39. The number of carbonyl (C=O) groups excluding carboxylic acids is 2. The third-order valence-corrected chi connectivity index (χ3v) is 5.18. The van der Waals surface area contributed by atoms with Gasteiger partial charge in [-0.25, -0.2) is 4.68 Å². The minimum Gasteiger partial charge on any atom is -0.353 e. The fourth-order valence-electron chi connectivity index (χ4n) is 3.39. The molecule has 1 aromatic carbocycles. The second-order valence-electron chi connectivity index (χ2n) is 7.30. The molecule has 6 nitrogen and oxygen atoms in total. The van der Waals surface area contributed by atoms with Gasteiger partial charge in [-0.1, -0.05) is 0 Å². The Hall–Kier alpha value is -2.63. The molecule has 136 valence electrons. The van der Waals surface area contributed by atoms with Crippen LogP contribution >= 0.6 is 0 Å². The molecule has 4 rings (SSSR count). The van der Waals surface area contributed by atoms with Gasteiger partial charge >= 0.3 is 0 Å². The third kappa shape index (κ3) is 3.64. The Kier molecular flexibility index (Phi) is 4.49. The van der Waals surface area contributed by atoms with Crippen LogP contribution in [0.5, 0.6) is 0 Å². The number of amides is 2. The maximum Gasteiger partial charge on any atom is 0.253 e. The maximum atomic E-state index is 12.7. The summed E-state index contributed by atoms with van der Waals surface area (Å²) < 4.78 is 1.80. The lowest BCUT2D eigenvalue weighted by Gasteiger charge is -2.32. The average molecular weight is 352 g/mol. The summed E-state index contributed by atoms with van der Waals surface area (Å²) >= 11 is 0. The van der Waals surface area contributed by atoms with Crippen molar-refractivity contribution >= 4 is 11.8 Å². The van der Waals surface area contributed by atoms with E-state index in [-0.39, 0.29) is 23.8 Å². The standard InChI is InChI=1S/C20H24N4O2/c1-14-8-13-24(22-14)18-6-4-16(5-7-18)20(26)23-11-9-17(10-12-23)21-19(25)15-2-3-15/h4-8,13,15,17H,2-3,9-12H2,1H3,(H,21,25). The molecule has 1 aliphatic carbocycles. The molecule has 0 atom stereocenters. The van der Waals surface area contributed by atoms with Gasteiger partial charge < -0.3 is 10.2 Å². The van der Waals surface area contributed by atoms with E-state index in [4.69, 9.17) is 0 Å². The first-order valence-corrected chi connectivity index (χ1v) is 9.32. The van der Waals surface area contributed by atoms with Crippen molar-refractivity contribution in [1.29, 1.82) is 0 Å². The molecular formula is C20H24N4O2. The molecule has 2 aromatic rings. The molecule has 26 heavy (non-hydrogen) atoms. The number of aryl methyl sites for hydroxylation is 1. The molecule has 2 amide bonds. The van der Waals surface area contributed by atoms with E-state index in [0.29, 0.717) is 18.7 Å². The van der Waals surface area contributed by atoms with E-state index in [2.05, 4.69) is 10.4 Å². The first-order valence-electron chi connectivity index (χ1n) is 9.32. The first-order chi connectivity index (χ1) is 12.6. The maximum absolute atomic E-state index is 12.7. The van der Waals surface area contributed by atoms with Gasteiger partial charge in [0.15, 0.2) is 0 Å². The molecule has 1 aromatic heterocycles.